The minimum atomic E-state index is -5.78. The molecule has 0 spiro atoms. The van der Waals surface area contributed by atoms with Crippen LogP contribution in [0.25, 0.3) is 0 Å². The van der Waals surface area contributed by atoms with Crippen LogP contribution in [0.2, 0.25) is 0 Å². The standard InChI is InChI=1S/C9H11F3N2O3S/c10-9(11,12)18(15,16)17-14-8(6-13)7-4-2-1-3-5-7/h7H,1-5H2/b14-8+. The van der Waals surface area contributed by atoms with Crippen LogP contribution in [0.1, 0.15) is 32.1 Å². The molecule has 0 saturated heterocycles. The SMILES string of the molecule is N#C/C(=N\OS(=O)(=O)C(F)(F)F)C1CCCCC1. The van der Waals surface area contributed by atoms with Gasteiger partial charge < -0.3 is 0 Å². The summed E-state index contributed by atoms with van der Waals surface area (Å²) in [7, 11) is -5.78. The summed E-state index contributed by atoms with van der Waals surface area (Å²) in [6.07, 6.45) is 3.84. The lowest BCUT2D eigenvalue weighted by Gasteiger charge is -2.19. The van der Waals surface area contributed by atoms with Crippen molar-refractivity contribution in [3.8, 4) is 6.07 Å². The number of alkyl halides is 3. The molecule has 0 N–H and O–H groups in total. The van der Waals surface area contributed by atoms with Gasteiger partial charge in [0.05, 0.1) is 0 Å². The topological polar surface area (TPSA) is 79.5 Å². The fraction of sp³-hybridized carbons (Fsp3) is 0.778. The van der Waals surface area contributed by atoms with Gasteiger partial charge in [-0.25, -0.2) is 0 Å². The van der Waals surface area contributed by atoms with E-state index in [1.807, 2.05) is 0 Å². The van der Waals surface area contributed by atoms with Gasteiger partial charge >= 0.3 is 15.6 Å². The predicted octanol–water partition coefficient (Wildman–Crippen LogP) is 2.31. The van der Waals surface area contributed by atoms with Crippen molar-refractivity contribution in [1.29, 1.82) is 5.26 Å². The Balaban J connectivity index is 2.78. The van der Waals surface area contributed by atoms with Crippen molar-refractivity contribution >= 4 is 15.8 Å². The van der Waals surface area contributed by atoms with Crippen molar-refractivity contribution in [3.63, 3.8) is 0 Å². The minimum Gasteiger partial charge on any atom is -0.261 e. The van der Waals surface area contributed by atoms with E-state index in [1.165, 1.54) is 0 Å². The van der Waals surface area contributed by atoms with Gasteiger partial charge in [0.2, 0.25) is 0 Å². The third-order valence-electron chi connectivity index (χ3n) is 2.62. The summed E-state index contributed by atoms with van der Waals surface area (Å²) >= 11 is 0. The van der Waals surface area contributed by atoms with Crippen LogP contribution in [-0.2, 0) is 14.4 Å². The van der Waals surface area contributed by atoms with Crippen molar-refractivity contribution in [2.45, 2.75) is 37.6 Å². The molecule has 102 valence electrons. The summed E-state index contributed by atoms with van der Waals surface area (Å²) in [5, 5.41) is 11.6. The predicted molar refractivity (Wildman–Crippen MR) is 55.7 cm³/mol. The van der Waals surface area contributed by atoms with Gasteiger partial charge in [0.15, 0.2) is 5.71 Å². The van der Waals surface area contributed by atoms with Gasteiger partial charge in [-0.3, -0.25) is 4.28 Å². The fourth-order valence-electron chi connectivity index (χ4n) is 1.69. The van der Waals surface area contributed by atoms with E-state index < -0.39 is 15.6 Å². The Morgan fingerprint density at radius 2 is 1.83 bits per heavy atom. The molecule has 1 saturated carbocycles. The van der Waals surface area contributed by atoms with E-state index in [1.54, 1.807) is 6.07 Å². The highest BCUT2D eigenvalue weighted by Crippen LogP contribution is 2.27. The summed E-state index contributed by atoms with van der Waals surface area (Å²) in [6.45, 7) is 0. The molecule has 0 aromatic rings. The van der Waals surface area contributed by atoms with Crippen LogP contribution in [0.5, 0.6) is 0 Å². The molecule has 0 atom stereocenters. The molecule has 0 amide bonds. The molecule has 0 bridgehead atoms. The summed E-state index contributed by atoms with van der Waals surface area (Å²) in [5.74, 6) is -0.327. The second kappa shape index (κ2) is 5.56. The second-order valence-electron chi connectivity index (χ2n) is 3.90. The molecule has 0 radical (unpaired) electrons. The molecule has 1 aliphatic rings. The van der Waals surface area contributed by atoms with Gasteiger partial charge in [0.1, 0.15) is 6.07 Å². The Bertz CT molecular complexity index is 458. The lowest BCUT2D eigenvalue weighted by molar-refractivity contribution is -0.0541. The Morgan fingerprint density at radius 1 is 1.28 bits per heavy atom. The third-order valence-corrected chi connectivity index (χ3v) is 3.46. The van der Waals surface area contributed by atoms with Crippen LogP contribution in [0.15, 0.2) is 5.16 Å². The van der Waals surface area contributed by atoms with Crippen molar-refractivity contribution in [2.75, 3.05) is 0 Å². The van der Waals surface area contributed by atoms with Crippen molar-refractivity contribution in [3.05, 3.63) is 0 Å². The number of oxime groups is 1. The smallest absolute Gasteiger partial charge is 0.261 e. The molecular weight excluding hydrogens is 273 g/mol. The first-order chi connectivity index (χ1) is 8.28. The monoisotopic (exact) mass is 284 g/mol. The van der Waals surface area contributed by atoms with Crippen LogP contribution in [0.3, 0.4) is 0 Å². The van der Waals surface area contributed by atoms with E-state index in [4.69, 9.17) is 5.26 Å². The lowest BCUT2D eigenvalue weighted by atomic mass is 9.86. The van der Waals surface area contributed by atoms with Crippen molar-refractivity contribution in [1.82, 2.24) is 0 Å². The van der Waals surface area contributed by atoms with Gasteiger partial charge in [-0.05, 0) is 12.8 Å². The number of halogens is 3. The van der Waals surface area contributed by atoms with Crippen molar-refractivity contribution < 1.29 is 25.9 Å². The quantitative estimate of drug-likeness (QED) is 0.452. The van der Waals surface area contributed by atoms with Crippen molar-refractivity contribution in [2.24, 2.45) is 11.1 Å². The maximum atomic E-state index is 12.0. The maximum absolute atomic E-state index is 12.0. The van der Waals surface area contributed by atoms with E-state index in [-0.39, 0.29) is 11.6 Å². The van der Waals surface area contributed by atoms with Crippen LogP contribution < -0.4 is 0 Å². The molecule has 0 aromatic carbocycles. The Labute approximate surface area is 102 Å². The summed E-state index contributed by atoms with van der Waals surface area (Å²) in [5.41, 5.74) is -5.84. The first-order valence-corrected chi connectivity index (χ1v) is 6.66. The molecule has 0 aliphatic heterocycles. The third kappa shape index (κ3) is 3.60. The van der Waals surface area contributed by atoms with E-state index in [2.05, 4.69) is 9.44 Å². The molecular formula is C9H11F3N2O3S. The molecule has 1 rings (SSSR count). The van der Waals surface area contributed by atoms with Gasteiger partial charge in [-0.2, -0.15) is 26.9 Å². The molecule has 9 heteroatoms. The normalized spacial score (nSPS) is 19.3. The highest BCUT2D eigenvalue weighted by Gasteiger charge is 2.49. The molecule has 0 aromatic heterocycles. The first-order valence-electron chi connectivity index (χ1n) is 5.26. The van der Waals surface area contributed by atoms with Gasteiger partial charge in [0.25, 0.3) is 0 Å². The summed E-state index contributed by atoms with van der Waals surface area (Å²) in [4.78, 5) is 0. The fourth-order valence-corrected chi connectivity index (χ4v) is 1.96. The van der Waals surface area contributed by atoms with E-state index in [0.717, 1.165) is 19.3 Å². The number of nitriles is 1. The van der Waals surface area contributed by atoms with E-state index in [9.17, 15) is 21.6 Å². The summed E-state index contributed by atoms with van der Waals surface area (Å²) < 4.78 is 60.6. The average molecular weight is 284 g/mol. The highest BCUT2D eigenvalue weighted by atomic mass is 32.2. The Morgan fingerprint density at radius 3 is 2.28 bits per heavy atom. The van der Waals surface area contributed by atoms with Gasteiger partial charge in [0, 0.05) is 5.92 Å². The maximum Gasteiger partial charge on any atom is 0.536 e. The molecule has 18 heavy (non-hydrogen) atoms. The van der Waals surface area contributed by atoms with Crippen LogP contribution in [-0.4, -0.2) is 19.6 Å². The van der Waals surface area contributed by atoms with E-state index in [0.29, 0.717) is 12.8 Å². The molecule has 1 aliphatic carbocycles. The van der Waals surface area contributed by atoms with E-state index >= 15 is 0 Å². The zero-order valence-electron chi connectivity index (χ0n) is 9.27. The number of nitrogens with zero attached hydrogens (tertiary/aromatic N) is 2. The Hall–Kier alpha value is -1.30. The Kier molecular flexibility index (Phi) is 4.56. The number of rotatable bonds is 3. The van der Waals surface area contributed by atoms with Crippen LogP contribution in [0, 0.1) is 17.2 Å². The zero-order chi connectivity index (χ0) is 13.8. The van der Waals surface area contributed by atoms with Gasteiger partial charge in [-0.1, -0.05) is 24.4 Å². The van der Waals surface area contributed by atoms with Crippen LogP contribution >= 0.6 is 0 Å². The summed E-state index contributed by atoms with van der Waals surface area (Å²) in [6, 6.07) is 1.59. The van der Waals surface area contributed by atoms with Gasteiger partial charge in [-0.15, -0.1) is 0 Å². The number of hydrogen-bond donors (Lipinski definition) is 0. The molecule has 0 unspecified atom stereocenters. The molecule has 5 nitrogen and oxygen atoms in total. The molecule has 0 heterocycles. The molecule has 1 fully saturated rings. The zero-order valence-corrected chi connectivity index (χ0v) is 10.1. The largest absolute Gasteiger partial charge is 0.536 e. The average Bonchev–Trinajstić information content (AvgIpc) is 2.29. The number of hydrogen-bond acceptors (Lipinski definition) is 5. The van der Waals surface area contributed by atoms with Crippen LogP contribution in [0.4, 0.5) is 13.2 Å². The first kappa shape index (κ1) is 14.8. The highest BCUT2D eigenvalue weighted by molar-refractivity contribution is 7.87. The lowest BCUT2D eigenvalue weighted by Crippen LogP contribution is -2.25. The minimum absolute atomic E-state index is 0.303. The second-order valence-corrected chi connectivity index (χ2v) is 5.42.